The molecule has 0 saturated heterocycles. The lowest BCUT2D eigenvalue weighted by molar-refractivity contribution is 0.0992. The molecule has 0 atom stereocenters. The van der Waals surface area contributed by atoms with Crippen molar-refractivity contribution in [2.75, 3.05) is 0 Å². The van der Waals surface area contributed by atoms with E-state index in [0.29, 0.717) is 14.2 Å². The van der Waals surface area contributed by atoms with E-state index in [1.165, 1.54) is 18.2 Å². The molecule has 1 heterocycles. The summed E-state index contributed by atoms with van der Waals surface area (Å²) in [4.78, 5) is 12.0. The second-order valence-electron chi connectivity index (χ2n) is 3.55. The van der Waals surface area contributed by atoms with Gasteiger partial charge in [0, 0.05) is 12.0 Å². The molecule has 0 unspecified atom stereocenters. The molecule has 1 nitrogen and oxygen atoms in total. The molecule has 6 heteroatoms. The summed E-state index contributed by atoms with van der Waals surface area (Å²) >= 11 is 18.4. The van der Waals surface area contributed by atoms with Crippen LogP contribution in [0.1, 0.15) is 15.9 Å². The normalized spacial score (nSPS) is 10.7. The fraction of sp³-hybridized carbons (Fsp3) is 0.0833. The second-order valence-corrected chi connectivity index (χ2v) is 6.24. The summed E-state index contributed by atoms with van der Waals surface area (Å²) in [6.07, 6.45) is -0.0980. The van der Waals surface area contributed by atoms with Gasteiger partial charge in [-0.15, -0.1) is 11.3 Å². The topological polar surface area (TPSA) is 17.1 Å². The van der Waals surface area contributed by atoms with Crippen LogP contribution in [0, 0.1) is 5.82 Å². The van der Waals surface area contributed by atoms with Crippen LogP contribution in [0.2, 0.25) is 13.7 Å². The van der Waals surface area contributed by atoms with Gasteiger partial charge in [0.25, 0.3) is 0 Å². The molecule has 0 spiro atoms. The van der Waals surface area contributed by atoms with Gasteiger partial charge < -0.3 is 0 Å². The fourth-order valence-electron chi connectivity index (χ4n) is 1.48. The number of benzene rings is 1. The predicted octanol–water partition coefficient (Wildman–Crippen LogP) is 5.27. The zero-order valence-electron chi connectivity index (χ0n) is 8.84. The highest BCUT2D eigenvalue weighted by molar-refractivity contribution is 7.20. The van der Waals surface area contributed by atoms with Crippen molar-refractivity contribution in [2.45, 2.75) is 6.42 Å². The Balaban J connectivity index is 2.27. The molecule has 94 valence electrons. The number of rotatable bonds is 3. The Morgan fingerprint density at radius 3 is 2.61 bits per heavy atom. The van der Waals surface area contributed by atoms with E-state index in [4.69, 9.17) is 34.8 Å². The Morgan fingerprint density at radius 1 is 1.28 bits per heavy atom. The molecule has 0 aliphatic carbocycles. The number of hydrogen-bond donors (Lipinski definition) is 0. The number of ketones is 1. The van der Waals surface area contributed by atoms with Crippen LogP contribution in [0.5, 0.6) is 0 Å². The van der Waals surface area contributed by atoms with Gasteiger partial charge in [0.2, 0.25) is 0 Å². The highest BCUT2D eigenvalue weighted by atomic mass is 35.5. The van der Waals surface area contributed by atoms with Gasteiger partial charge in [0.1, 0.15) is 10.2 Å². The summed E-state index contributed by atoms with van der Waals surface area (Å²) in [6.45, 7) is 0. The maximum Gasteiger partial charge on any atom is 0.169 e. The van der Waals surface area contributed by atoms with Crippen LogP contribution in [0.15, 0.2) is 24.3 Å². The van der Waals surface area contributed by atoms with Crippen molar-refractivity contribution in [3.63, 3.8) is 0 Å². The first kappa shape index (κ1) is 13.8. The van der Waals surface area contributed by atoms with Gasteiger partial charge in [0.05, 0.1) is 9.36 Å². The van der Waals surface area contributed by atoms with Crippen molar-refractivity contribution in [2.24, 2.45) is 0 Å². The monoisotopic (exact) mass is 322 g/mol. The van der Waals surface area contributed by atoms with Gasteiger partial charge in [-0.2, -0.15) is 0 Å². The van der Waals surface area contributed by atoms with Gasteiger partial charge >= 0.3 is 0 Å². The molecule has 0 N–H and O–H groups in total. The number of hydrogen-bond acceptors (Lipinski definition) is 2. The molecule has 0 radical (unpaired) electrons. The van der Waals surface area contributed by atoms with Crippen molar-refractivity contribution in [3.8, 4) is 0 Å². The standard InChI is InChI=1S/C12H6Cl3FOS/c13-8-3-1-2-6(11(8)16)4-9(17)7-5-10(14)18-12(7)15/h1-3,5H,4H2. The third kappa shape index (κ3) is 2.86. The third-order valence-electron chi connectivity index (χ3n) is 2.34. The summed E-state index contributed by atoms with van der Waals surface area (Å²) in [5.74, 6) is -0.866. The van der Waals surface area contributed by atoms with E-state index in [9.17, 15) is 9.18 Å². The molecular weight excluding hydrogens is 318 g/mol. The third-order valence-corrected chi connectivity index (χ3v) is 4.12. The van der Waals surface area contributed by atoms with Crippen LogP contribution in [0.3, 0.4) is 0 Å². The van der Waals surface area contributed by atoms with E-state index in [1.54, 1.807) is 6.07 Å². The van der Waals surface area contributed by atoms with Crippen molar-refractivity contribution in [1.29, 1.82) is 0 Å². The molecule has 1 aromatic carbocycles. The Hall–Kier alpha value is -0.610. The molecule has 1 aromatic heterocycles. The molecule has 2 aromatic rings. The van der Waals surface area contributed by atoms with Gasteiger partial charge in [-0.1, -0.05) is 46.9 Å². The van der Waals surface area contributed by atoms with Gasteiger partial charge in [-0.3, -0.25) is 4.79 Å². The first-order valence-electron chi connectivity index (χ1n) is 4.90. The first-order chi connectivity index (χ1) is 8.49. The summed E-state index contributed by atoms with van der Waals surface area (Å²) < 4.78 is 14.4. The minimum absolute atomic E-state index is 0.00486. The summed E-state index contributed by atoms with van der Waals surface area (Å²) in [7, 11) is 0. The largest absolute Gasteiger partial charge is 0.294 e. The van der Waals surface area contributed by atoms with Gasteiger partial charge in [-0.05, 0) is 17.7 Å². The van der Waals surface area contributed by atoms with E-state index < -0.39 is 5.82 Å². The molecule has 0 amide bonds. The summed E-state index contributed by atoms with van der Waals surface area (Å²) in [6, 6.07) is 6.02. The van der Waals surface area contributed by atoms with Crippen LogP contribution < -0.4 is 0 Å². The van der Waals surface area contributed by atoms with E-state index in [2.05, 4.69) is 0 Å². The van der Waals surface area contributed by atoms with Crippen molar-refractivity contribution in [1.82, 2.24) is 0 Å². The smallest absolute Gasteiger partial charge is 0.169 e. The highest BCUT2D eigenvalue weighted by Crippen LogP contribution is 2.32. The van der Waals surface area contributed by atoms with Crippen LogP contribution in [-0.4, -0.2) is 5.78 Å². The van der Waals surface area contributed by atoms with Crippen molar-refractivity contribution >= 4 is 51.9 Å². The average molecular weight is 324 g/mol. The molecule has 0 bridgehead atoms. The predicted molar refractivity (Wildman–Crippen MR) is 73.8 cm³/mol. The quantitative estimate of drug-likeness (QED) is 0.703. The number of Topliss-reactive ketones (excluding diaryl/α,β-unsaturated/α-hetero) is 1. The molecule has 2 rings (SSSR count). The van der Waals surface area contributed by atoms with Crippen molar-refractivity contribution in [3.05, 3.63) is 54.9 Å². The fourth-order valence-corrected chi connectivity index (χ4v) is 3.18. The van der Waals surface area contributed by atoms with Gasteiger partial charge in [-0.25, -0.2) is 4.39 Å². The van der Waals surface area contributed by atoms with Crippen molar-refractivity contribution < 1.29 is 9.18 Å². The Bertz CT molecular complexity index is 609. The van der Waals surface area contributed by atoms with E-state index in [-0.39, 0.29) is 22.8 Å². The Kier molecular flexibility index (Phi) is 4.28. The summed E-state index contributed by atoms with van der Waals surface area (Å²) in [5.41, 5.74) is 0.553. The Labute approximate surface area is 122 Å². The maximum absolute atomic E-state index is 13.6. The molecule has 0 aliphatic rings. The van der Waals surface area contributed by atoms with Crippen LogP contribution in [-0.2, 0) is 6.42 Å². The van der Waals surface area contributed by atoms with Crippen LogP contribution in [0.4, 0.5) is 4.39 Å². The summed E-state index contributed by atoms with van der Waals surface area (Å²) in [5, 5.41) is -0.00486. The van der Waals surface area contributed by atoms with E-state index >= 15 is 0 Å². The minimum atomic E-state index is -0.579. The maximum atomic E-state index is 13.6. The first-order valence-corrected chi connectivity index (χ1v) is 6.85. The average Bonchev–Trinajstić information content (AvgIpc) is 2.64. The zero-order valence-corrected chi connectivity index (χ0v) is 11.9. The van der Waals surface area contributed by atoms with E-state index in [0.717, 1.165) is 11.3 Å². The highest BCUT2D eigenvalue weighted by Gasteiger charge is 2.17. The molecule has 0 saturated carbocycles. The van der Waals surface area contributed by atoms with Gasteiger partial charge in [0.15, 0.2) is 5.78 Å². The lowest BCUT2D eigenvalue weighted by Gasteiger charge is -2.03. The Morgan fingerprint density at radius 2 is 2.00 bits per heavy atom. The lowest BCUT2D eigenvalue weighted by atomic mass is 10.0. The number of carbonyl (C=O) groups is 1. The van der Waals surface area contributed by atoms with E-state index in [1.807, 2.05) is 0 Å². The zero-order chi connectivity index (χ0) is 13.3. The minimum Gasteiger partial charge on any atom is -0.294 e. The second kappa shape index (κ2) is 5.57. The molecular formula is C12H6Cl3FOS. The molecule has 0 aliphatic heterocycles. The van der Waals surface area contributed by atoms with Crippen LogP contribution in [0.25, 0.3) is 0 Å². The molecule has 18 heavy (non-hydrogen) atoms. The SMILES string of the molecule is O=C(Cc1cccc(Cl)c1F)c1cc(Cl)sc1Cl. The number of carbonyl (C=O) groups excluding carboxylic acids is 1. The molecule has 0 fully saturated rings. The lowest BCUT2D eigenvalue weighted by Crippen LogP contribution is -2.04. The number of thiophene rings is 1. The van der Waals surface area contributed by atoms with Crippen LogP contribution >= 0.6 is 46.1 Å². The number of halogens is 4.